The van der Waals surface area contributed by atoms with E-state index >= 15 is 0 Å². The lowest BCUT2D eigenvalue weighted by Crippen LogP contribution is -2.16. The van der Waals surface area contributed by atoms with Gasteiger partial charge in [-0.25, -0.2) is 9.59 Å². The molecule has 4 aromatic rings. The minimum absolute atomic E-state index is 0.251. The third-order valence-corrected chi connectivity index (χ3v) is 4.54. The second kappa shape index (κ2) is 7.67. The molecule has 0 aliphatic carbocycles. The number of aryl methyl sites for hydroxylation is 1. The van der Waals surface area contributed by atoms with E-state index in [9.17, 15) is 9.59 Å². The van der Waals surface area contributed by atoms with Gasteiger partial charge in [-0.1, -0.05) is 42.5 Å². The summed E-state index contributed by atoms with van der Waals surface area (Å²) in [6, 6.07) is 18.1. The molecule has 0 fully saturated rings. The number of carbonyl (C=O) groups is 2. The quantitative estimate of drug-likeness (QED) is 0.454. The van der Waals surface area contributed by atoms with Crippen molar-refractivity contribution in [1.82, 2.24) is 0 Å². The van der Waals surface area contributed by atoms with Crippen LogP contribution in [0.5, 0.6) is 5.75 Å². The smallest absolute Gasteiger partial charge is 0.417 e. The summed E-state index contributed by atoms with van der Waals surface area (Å²) < 4.78 is 16.6. The first kappa shape index (κ1) is 18.6. The fourth-order valence-corrected chi connectivity index (χ4v) is 3.31. The van der Waals surface area contributed by atoms with Crippen molar-refractivity contribution >= 4 is 39.5 Å². The van der Waals surface area contributed by atoms with Crippen LogP contribution in [0, 0.1) is 6.92 Å². The number of furan rings is 1. The number of benzene rings is 3. The molecule has 0 radical (unpaired) electrons. The number of ether oxygens (including phenoxy) is 2. The van der Waals surface area contributed by atoms with Crippen molar-refractivity contribution in [3.8, 4) is 5.75 Å². The molecule has 0 aliphatic heterocycles. The van der Waals surface area contributed by atoms with Crippen LogP contribution in [0.25, 0.3) is 21.7 Å². The van der Waals surface area contributed by atoms with Crippen LogP contribution in [0.2, 0.25) is 0 Å². The Morgan fingerprint density at radius 2 is 1.66 bits per heavy atom. The lowest BCUT2D eigenvalue weighted by molar-refractivity contribution is 0.0526. The van der Waals surface area contributed by atoms with Crippen LogP contribution in [-0.4, -0.2) is 18.7 Å². The molecule has 29 heavy (non-hydrogen) atoms. The molecule has 0 spiro atoms. The maximum atomic E-state index is 12.4. The number of amides is 1. The SMILES string of the molecule is CCOC(=O)c1c(C)oc2c1cc(OC(=O)Nc1ccccc1)c1ccccc12. The average Bonchev–Trinajstić information content (AvgIpc) is 3.05. The predicted molar refractivity (Wildman–Crippen MR) is 111 cm³/mol. The number of carbonyl (C=O) groups excluding carboxylic acids is 2. The van der Waals surface area contributed by atoms with Crippen LogP contribution in [-0.2, 0) is 4.74 Å². The molecule has 1 N–H and O–H groups in total. The van der Waals surface area contributed by atoms with Gasteiger partial charge >= 0.3 is 12.1 Å². The van der Waals surface area contributed by atoms with E-state index in [-0.39, 0.29) is 6.61 Å². The molecule has 1 aromatic heterocycles. The van der Waals surface area contributed by atoms with Gasteiger partial charge in [-0.15, -0.1) is 0 Å². The molecule has 6 nitrogen and oxygen atoms in total. The molecule has 0 saturated carbocycles. The molecule has 3 aromatic carbocycles. The number of nitrogens with one attached hydrogen (secondary N) is 1. The van der Waals surface area contributed by atoms with Gasteiger partial charge < -0.3 is 13.9 Å². The lowest BCUT2D eigenvalue weighted by atomic mass is 10.0. The summed E-state index contributed by atoms with van der Waals surface area (Å²) in [7, 11) is 0. The van der Waals surface area contributed by atoms with Gasteiger partial charge in [0.1, 0.15) is 22.7 Å². The van der Waals surface area contributed by atoms with Gasteiger partial charge in [0.25, 0.3) is 0 Å². The topological polar surface area (TPSA) is 77.8 Å². The summed E-state index contributed by atoms with van der Waals surface area (Å²) in [5.74, 6) is 0.307. The first-order valence-electron chi connectivity index (χ1n) is 9.24. The fraction of sp³-hybridized carbons (Fsp3) is 0.130. The van der Waals surface area contributed by atoms with E-state index in [1.807, 2.05) is 42.5 Å². The zero-order valence-corrected chi connectivity index (χ0v) is 16.0. The van der Waals surface area contributed by atoms with E-state index in [1.54, 1.807) is 32.0 Å². The Labute approximate surface area is 167 Å². The van der Waals surface area contributed by atoms with Crippen LogP contribution in [0.4, 0.5) is 10.5 Å². The van der Waals surface area contributed by atoms with Crippen molar-refractivity contribution in [3.05, 3.63) is 72.0 Å². The fourth-order valence-electron chi connectivity index (χ4n) is 3.31. The van der Waals surface area contributed by atoms with Crippen LogP contribution in [0.15, 0.2) is 65.1 Å². The Morgan fingerprint density at radius 3 is 2.38 bits per heavy atom. The molecule has 1 heterocycles. The molecular formula is C23H19NO5. The maximum Gasteiger partial charge on any atom is 0.417 e. The van der Waals surface area contributed by atoms with Gasteiger partial charge in [0, 0.05) is 21.8 Å². The number of fused-ring (bicyclic) bond motifs is 3. The Balaban J connectivity index is 1.81. The third kappa shape index (κ3) is 3.52. The molecule has 0 aliphatic rings. The molecule has 0 unspecified atom stereocenters. The predicted octanol–water partition coefficient (Wildman–Crippen LogP) is 5.68. The van der Waals surface area contributed by atoms with Crippen molar-refractivity contribution < 1.29 is 23.5 Å². The van der Waals surface area contributed by atoms with E-state index in [2.05, 4.69) is 5.32 Å². The molecule has 0 atom stereocenters. The lowest BCUT2D eigenvalue weighted by Gasteiger charge is -2.10. The van der Waals surface area contributed by atoms with Crippen molar-refractivity contribution in [1.29, 1.82) is 0 Å². The number of hydrogen-bond acceptors (Lipinski definition) is 5. The van der Waals surface area contributed by atoms with Crippen molar-refractivity contribution in [2.75, 3.05) is 11.9 Å². The van der Waals surface area contributed by atoms with Crippen molar-refractivity contribution in [2.45, 2.75) is 13.8 Å². The van der Waals surface area contributed by atoms with E-state index in [1.165, 1.54) is 0 Å². The van der Waals surface area contributed by atoms with Crippen LogP contribution < -0.4 is 10.1 Å². The highest BCUT2D eigenvalue weighted by Gasteiger charge is 2.23. The highest BCUT2D eigenvalue weighted by atomic mass is 16.6. The van der Waals surface area contributed by atoms with Crippen LogP contribution in [0.1, 0.15) is 23.0 Å². The van der Waals surface area contributed by atoms with Gasteiger partial charge in [-0.05, 0) is 32.0 Å². The zero-order chi connectivity index (χ0) is 20.4. The summed E-state index contributed by atoms with van der Waals surface area (Å²) in [6.07, 6.45) is -0.626. The first-order valence-corrected chi connectivity index (χ1v) is 9.24. The highest BCUT2D eigenvalue weighted by Crippen LogP contribution is 2.38. The minimum Gasteiger partial charge on any atom is -0.462 e. The minimum atomic E-state index is -0.626. The van der Waals surface area contributed by atoms with Gasteiger partial charge in [-0.3, -0.25) is 5.32 Å². The third-order valence-electron chi connectivity index (χ3n) is 4.54. The van der Waals surface area contributed by atoms with Gasteiger partial charge in [0.2, 0.25) is 0 Å². The second-order valence-electron chi connectivity index (χ2n) is 6.43. The summed E-state index contributed by atoms with van der Waals surface area (Å²) in [4.78, 5) is 24.9. The summed E-state index contributed by atoms with van der Waals surface area (Å²) in [5, 5.41) is 4.68. The largest absolute Gasteiger partial charge is 0.462 e. The molecule has 0 saturated heterocycles. The van der Waals surface area contributed by atoms with Gasteiger partial charge in [0.15, 0.2) is 0 Å². The van der Waals surface area contributed by atoms with Gasteiger partial charge in [-0.2, -0.15) is 0 Å². The average molecular weight is 389 g/mol. The van der Waals surface area contributed by atoms with E-state index in [0.29, 0.717) is 39.1 Å². The Bertz CT molecular complexity index is 1210. The van der Waals surface area contributed by atoms with E-state index < -0.39 is 12.1 Å². The van der Waals surface area contributed by atoms with Crippen LogP contribution >= 0.6 is 0 Å². The number of para-hydroxylation sites is 1. The number of anilines is 1. The summed E-state index contributed by atoms with van der Waals surface area (Å²) >= 11 is 0. The zero-order valence-electron chi connectivity index (χ0n) is 16.0. The summed E-state index contributed by atoms with van der Waals surface area (Å²) in [5.41, 5.74) is 1.51. The monoisotopic (exact) mass is 389 g/mol. The maximum absolute atomic E-state index is 12.4. The summed E-state index contributed by atoms with van der Waals surface area (Å²) in [6.45, 7) is 3.71. The molecule has 1 amide bonds. The molecule has 6 heteroatoms. The van der Waals surface area contributed by atoms with Crippen LogP contribution in [0.3, 0.4) is 0 Å². The number of rotatable bonds is 4. The van der Waals surface area contributed by atoms with Crippen molar-refractivity contribution in [3.63, 3.8) is 0 Å². The molecule has 146 valence electrons. The molecular weight excluding hydrogens is 370 g/mol. The molecule has 4 rings (SSSR count). The van der Waals surface area contributed by atoms with E-state index in [0.717, 1.165) is 5.39 Å². The Hall–Kier alpha value is -3.80. The second-order valence-corrected chi connectivity index (χ2v) is 6.43. The Kier molecular flexibility index (Phi) is 4.91. The number of hydrogen-bond donors (Lipinski definition) is 1. The van der Waals surface area contributed by atoms with Crippen molar-refractivity contribution in [2.24, 2.45) is 0 Å². The van der Waals surface area contributed by atoms with Gasteiger partial charge in [0.05, 0.1) is 6.61 Å². The Morgan fingerprint density at radius 1 is 0.966 bits per heavy atom. The molecule has 0 bridgehead atoms. The number of esters is 1. The van der Waals surface area contributed by atoms with E-state index in [4.69, 9.17) is 13.9 Å². The first-order chi connectivity index (χ1) is 14.1. The standard InChI is InChI=1S/C23H19NO5/c1-3-27-22(25)20-14(2)28-21-17-12-8-7-11-16(17)19(13-18(20)21)29-23(26)24-15-9-5-4-6-10-15/h4-13H,3H2,1-2H3,(H,24,26). The normalized spacial score (nSPS) is 10.8. The highest BCUT2D eigenvalue weighted by molar-refractivity contribution is 6.15.